The number of nitrogens with two attached hydrogens (primary N) is 1. The Balaban J connectivity index is 1.84. The SMILES string of the molecule is C=C(Cc1c(F)ccc(OCC2=CC=C(C)CC2)c1OC)c1cc(Cl)cnc1N. The summed E-state index contributed by atoms with van der Waals surface area (Å²) in [6.07, 6.45) is 7.80. The first-order valence-electron chi connectivity index (χ1n) is 9.31. The number of nitrogen functional groups attached to an aromatic ring is 1. The lowest BCUT2D eigenvalue weighted by molar-refractivity contribution is 0.312. The molecule has 0 saturated heterocycles. The van der Waals surface area contributed by atoms with Crippen molar-refractivity contribution in [1.82, 2.24) is 4.98 Å². The highest BCUT2D eigenvalue weighted by Crippen LogP contribution is 2.37. The Bertz CT molecular complexity index is 999. The fourth-order valence-corrected chi connectivity index (χ4v) is 3.36. The summed E-state index contributed by atoms with van der Waals surface area (Å²) in [5, 5.41) is 0.435. The van der Waals surface area contributed by atoms with Gasteiger partial charge in [0.25, 0.3) is 0 Å². The van der Waals surface area contributed by atoms with E-state index in [4.69, 9.17) is 26.8 Å². The predicted octanol–water partition coefficient (Wildman–Crippen LogP) is 5.77. The van der Waals surface area contributed by atoms with Crippen LogP contribution in [0.3, 0.4) is 0 Å². The molecule has 0 saturated carbocycles. The molecule has 152 valence electrons. The quantitative estimate of drug-likeness (QED) is 0.625. The van der Waals surface area contributed by atoms with Gasteiger partial charge in [-0.25, -0.2) is 9.37 Å². The molecule has 1 aromatic carbocycles. The number of nitrogens with zero attached hydrogens (tertiary/aromatic N) is 1. The van der Waals surface area contributed by atoms with Crippen molar-refractivity contribution in [2.24, 2.45) is 0 Å². The Morgan fingerprint density at radius 3 is 2.79 bits per heavy atom. The molecular formula is C23H24ClFN2O2. The number of rotatable bonds is 7. The van der Waals surface area contributed by atoms with Crippen LogP contribution in [0.15, 0.2) is 54.3 Å². The number of hydrogen-bond acceptors (Lipinski definition) is 4. The van der Waals surface area contributed by atoms with Gasteiger partial charge >= 0.3 is 0 Å². The van der Waals surface area contributed by atoms with Gasteiger partial charge in [0.15, 0.2) is 11.5 Å². The van der Waals surface area contributed by atoms with Crippen molar-refractivity contribution in [2.45, 2.75) is 26.2 Å². The second-order valence-electron chi connectivity index (χ2n) is 7.05. The summed E-state index contributed by atoms with van der Waals surface area (Å²) in [5.74, 6) is 0.724. The van der Waals surface area contributed by atoms with Crippen LogP contribution in [-0.2, 0) is 6.42 Å². The van der Waals surface area contributed by atoms with Crippen LogP contribution >= 0.6 is 11.6 Å². The first-order chi connectivity index (χ1) is 13.9. The predicted molar refractivity (Wildman–Crippen MR) is 116 cm³/mol. The lowest BCUT2D eigenvalue weighted by Gasteiger charge is -2.18. The van der Waals surface area contributed by atoms with Gasteiger partial charge in [-0.05, 0) is 49.1 Å². The van der Waals surface area contributed by atoms with Gasteiger partial charge in [-0.1, -0.05) is 35.9 Å². The van der Waals surface area contributed by atoms with E-state index in [2.05, 4.69) is 30.6 Å². The molecule has 0 bridgehead atoms. The highest BCUT2D eigenvalue weighted by molar-refractivity contribution is 6.30. The van der Waals surface area contributed by atoms with Crippen molar-refractivity contribution >= 4 is 23.0 Å². The smallest absolute Gasteiger partial charge is 0.167 e. The highest BCUT2D eigenvalue weighted by atomic mass is 35.5. The molecule has 0 aliphatic heterocycles. The third-order valence-corrected chi connectivity index (χ3v) is 5.09. The first-order valence-corrected chi connectivity index (χ1v) is 9.69. The van der Waals surface area contributed by atoms with E-state index in [0.29, 0.717) is 45.6 Å². The fourth-order valence-electron chi connectivity index (χ4n) is 3.20. The number of halogens is 2. The minimum atomic E-state index is -0.403. The van der Waals surface area contributed by atoms with E-state index < -0.39 is 5.82 Å². The summed E-state index contributed by atoms with van der Waals surface area (Å²) in [6, 6.07) is 4.63. The second-order valence-corrected chi connectivity index (χ2v) is 7.49. The lowest BCUT2D eigenvalue weighted by atomic mass is 9.98. The van der Waals surface area contributed by atoms with Gasteiger partial charge in [0.05, 0.1) is 12.1 Å². The topological polar surface area (TPSA) is 57.4 Å². The van der Waals surface area contributed by atoms with E-state index in [1.54, 1.807) is 12.1 Å². The van der Waals surface area contributed by atoms with Crippen LogP contribution < -0.4 is 15.2 Å². The molecule has 4 nitrogen and oxygen atoms in total. The molecule has 1 aromatic heterocycles. The average molecular weight is 415 g/mol. The number of aromatic nitrogens is 1. The number of ether oxygens (including phenoxy) is 2. The monoisotopic (exact) mass is 414 g/mol. The summed E-state index contributed by atoms with van der Waals surface area (Å²) in [5.41, 5.74) is 9.99. The number of methoxy groups -OCH3 is 1. The molecule has 1 aliphatic rings. The van der Waals surface area contributed by atoms with Gasteiger partial charge in [-0.3, -0.25) is 0 Å². The van der Waals surface area contributed by atoms with Crippen molar-refractivity contribution in [3.63, 3.8) is 0 Å². The zero-order valence-corrected chi connectivity index (χ0v) is 17.4. The number of benzene rings is 1. The van der Waals surface area contributed by atoms with Crippen molar-refractivity contribution in [1.29, 1.82) is 0 Å². The van der Waals surface area contributed by atoms with Crippen molar-refractivity contribution < 1.29 is 13.9 Å². The van der Waals surface area contributed by atoms with Gasteiger partial charge < -0.3 is 15.2 Å². The Morgan fingerprint density at radius 2 is 2.10 bits per heavy atom. The molecule has 0 radical (unpaired) electrons. The van der Waals surface area contributed by atoms with E-state index in [1.165, 1.54) is 30.5 Å². The summed E-state index contributed by atoms with van der Waals surface area (Å²) in [7, 11) is 1.50. The Hall–Kier alpha value is -2.79. The number of anilines is 1. The summed E-state index contributed by atoms with van der Waals surface area (Å²) in [4.78, 5) is 4.03. The maximum absolute atomic E-state index is 14.6. The molecule has 3 rings (SSSR count). The highest BCUT2D eigenvalue weighted by Gasteiger charge is 2.19. The minimum absolute atomic E-state index is 0.184. The largest absolute Gasteiger partial charge is 0.492 e. The van der Waals surface area contributed by atoms with Gasteiger partial charge in [-0.2, -0.15) is 0 Å². The van der Waals surface area contributed by atoms with Crippen molar-refractivity contribution in [3.05, 3.63) is 76.2 Å². The lowest BCUT2D eigenvalue weighted by Crippen LogP contribution is -2.07. The van der Waals surface area contributed by atoms with Gasteiger partial charge in [0.1, 0.15) is 18.2 Å². The molecule has 2 aromatic rings. The third-order valence-electron chi connectivity index (χ3n) is 4.88. The average Bonchev–Trinajstić information content (AvgIpc) is 2.71. The second kappa shape index (κ2) is 9.14. The molecule has 2 N–H and O–H groups in total. The number of pyridine rings is 1. The minimum Gasteiger partial charge on any atom is -0.492 e. The van der Waals surface area contributed by atoms with Gasteiger partial charge in [0, 0.05) is 23.7 Å². The van der Waals surface area contributed by atoms with E-state index >= 15 is 0 Å². The molecule has 0 fully saturated rings. The molecule has 1 heterocycles. The normalized spacial score (nSPS) is 13.5. The molecule has 0 spiro atoms. The van der Waals surface area contributed by atoms with E-state index in [1.807, 2.05) is 0 Å². The van der Waals surface area contributed by atoms with Crippen LogP contribution in [0, 0.1) is 5.82 Å². The molecular weight excluding hydrogens is 391 g/mol. The Morgan fingerprint density at radius 1 is 1.31 bits per heavy atom. The molecule has 0 unspecified atom stereocenters. The van der Waals surface area contributed by atoms with Crippen LogP contribution in [-0.4, -0.2) is 18.7 Å². The van der Waals surface area contributed by atoms with Crippen LogP contribution in [0.1, 0.15) is 30.9 Å². The third kappa shape index (κ3) is 4.98. The summed E-state index contributed by atoms with van der Waals surface area (Å²) >= 11 is 6.02. The Kier molecular flexibility index (Phi) is 6.60. The zero-order chi connectivity index (χ0) is 21.0. The van der Waals surface area contributed by atoms with E-state index in [-0.39, 0.29) is 6.42 Å². The maximum atomic E-state index is 14.6. The number of allylic oxidation sites excluding steroid dienone is 4. The molecule has 6 heteroatoms. The van der Waals surface area contributed by atoms with Crippen LogP contribution in [0.2, 0.25) is 5.02 Å². The van der Waals surface area contributed by atoms with Crippen LogP contribution in [0.4, 0.5) is 10.2 Å². The van der Waals surface area contributed by atoms with Crippen molar-refractivity contribution in [2.75, 3.05) is 19.5 Å². The summed E-state index contributed by atoms with van der Waals surface area (Å²) < 4.78 is 26.1. The van der Waals surface area contributed by atoms with E-state index in [9.17, 15) is 4.39 Å². The van der Waals surface area contributed by atoms with Gasteiger partial charge in [-0.15, -0.1) is 0 Å². The molecule has 1 aliphatic carbocycles. The fraction of sp³-hybridized carbons (Fsp3) is 0.261. The van der Waals surface area contributed by atoms with Gasteiger partial charge in [0.2, 0.25) is 0 Å². The Labute approximate surface area is 175 Å². The first kappa shape index (κ1) is 20.9. The maximum Gasteiger partial charge on any atom is 0.167 e. The zero-order valence-electron chi connectivity index (χ0n) is 16.6. The molecule has 0 amide bonds. The van der Waals surface area contributed by atoms with Crippen LogP contribution in [0.5, 0.6) is 11.5 Å². The van der Waals surface area contributed by atoms with Crippen molar-refractivity contribution in [3.8, 4) is 11.5 Å². The summed E-state index contributed by atoms with van der Waals surface area (Å²) in [6.45, 7) is 6.58. The molecule has 29 heavy (non-hydrogen) atoms. The number of hydrogen-bond donors (Lipinski definition) is 1. The molecule has 0 atom stereocenters. The van der Waals surface area contributed by atoms with E-state index in [0.717, 1.165) is 12.8 Å². The standard InChI is InChI=1S/C23H24ClFN2O2/c1-14-4-6-16(7-5-14)13-29-21-9-8-20(25)19(22(21)28-3)10-15(2)18-11-17(24)12-27-23(18)26/h4,6,8-9,11-12H,2,5,7,10,13H2,1,3H3,(H2,26,27). The van der Waals surface area contributed by atoms with Crippen LogP contribution in [0.25, 0.3) is 5.57 Å².